The molecule has 0 spiro atoms. The van der Waals surface area contributed by atoms with E-state index in [2.05, 4.69) is 9.53 Å². The molecule has 0 radical (unpaired) electrons. The lowest BCUT2D eigenvalue weighted by Crippen LogP contribution is -2.16. The lowest BCUT2D eigenvalue weighted by molar-refractivity contribution is -0.139. The first-order chi connectivity index (χ1) is 5.61. The summed E-state index contributed by atoms with van der Waals surface area (Å²) < 4.78 is 4.62. The van der Waals surface area contributed by atoms with E-state index in [1.807, 2.05) is 0 Å². The first kappa shape index (κ1) is 10.6. The molecule has 4 heteroatoms. The zero-order valence-corrected chi connectivity index (χ0v) is 7.50. The van der Waals surface area contributed by atoms with E-state index in [-0.39, 0.29) is 12.3 Å². The molecule has 0 amide bonds. The zero-order valence-electron chi connectivity index (χ0n) is 7.50. The Morgan fingerprint density at radius 2 is 2.17 bits per heavy atom. The van der Waals surface area contributed by atoms with Crippen molar-refractivity contribution >= 4 is 11.7 Å². The minimum Gasteiger partial charge on any atom is -0.457 e. The summed E-state index contributed by atoms with van der Waals surface area (Å²) in [6, 6.07) is 0. The zero-order chi connectivity index (χ0) is 9.56. The first-order valence-corrected chi connectivity index (χ1v) is 3.65. The number of allylic oxidation sites excluding steroid dienone is 1. The maximum absolute atomic E-state index is 11.0. The predicted octanol–water partition coefficient (Wildman–Crippen LogP) is 1.19. The van der Waals surface area contributed by atoms with Gasteiger partial charge in [-0.25, -0.2) is 4.79 Å². The van der Waals surface area contributed by atoms with Gasteiger partial charge in [0, 0.05) is 6.08 Å². The van der Waals surface area contributed by atoms with Crippen LogP contribution < -0.4 is 0 Å². The van der Waals surface area contributed by atoms with Crippen molar-refractivity contribution in [3.8, 4) is 0 Å². The number of hydrogen-bond acceptors (Lipinski definition) is 2. The molecule has 0 aromatic carbocycles. The molecular weight excluding hydrogens is 156 g/mol. The maximum atomic E-state index is 11.0. The molecule has 12 heavy (non-hydrogen) atoms. The molecule has 66 valence electrons. The Hall–Kier alpha value is -1.41. The van der Waals surface area contributed by atoms with Gasteiger partial charge >= 0.3 is 11.7 Å². The summed E-state index contributed by atoms with van der Waals surface area (Å²) in [6.07, 6.45) is 1.46. The van der Waals surface area contributed by atoms with Crippen LogP contribution in [0.4, 0.5) is 0 Å². The molecule has 0 aromatic rings. The highest BCUT2D eigenvalue weighted by Crippen LogP contribution is 1.91. The summed E-state index contributed by atoms with van der Waals surface area (Å²) in [7, 11) is 0. The molecule has 0 saturated carbocycles. The Bertz CT molecular complexity index is 246. The van der Waals surface area contributed by atoms with Crippen molar-refractivity contribution in [3.63, 3.8) is 0 Å². The van der Waals surface area contributed by atoms with Gasteiger partial charge in [-0.05, 0) is 20.8 Å². The molecule has 0 saturated heterocycles. The minimum absolute atomic E-state index is 0.0724. The van der Waals surface area contributed by atoms with E-state index in [9.17, 15) is 4.79 Å². The standard InChI is InChI=1S/C8H12N2O2/c1-4-12-8(11)7(10-9)5-6(2)3/h5H,4H2,1-3H3. The van der Waals surface area contributed by atoms with Gasteiger partial charge in [0.15, 0.2) is 0 Å². The van der Waals surface area contributed by atoms with Crippen LogP contribution in [-0.2, 0) is 9.53 Å². The number of ether oxygens (including phenoxy) is 1. The van der Waals surface area contributed by atoms with Gasteiger partial charge in [-0.1, -0.05) is 5.57 Å². The molecule has 0 rings (SSSR count). The first-order valence-electron chi connectivity index (χ1n) is 3.65. The number of carbonyl (C=O) groups excluding carboxylic acids is 1. The average Bonchev–Trinajstić information content (AvgIpc) is 2.00. The van der Waals surface area contributed by atoms with Crippen molar-refractivity contribution in [2.24, 2.45) is 0 Å². The number of hydrogen-bond donors (Lipinski definition) is 0. The van der Waals surface area contributed by atoms with Crippen LogP contribution in [-0.4, -0.2) is 23.1 Å². The molecular formula is C8H12N2O2. The third-order valence-electron chi connectivity index (χ3n) is 1.02. The lowest BCUT2D eigenvalue weighted by atomic mass is 10.2. The smallest absolute Gasteiger partial charge is 0.421 e. The van der Waals surface area contributed by atoms with Crippen molar-refractivity contribution in [2.75, 3.05) is 6.61 Å². The van der Waals surface area contributed by atoms with Gasteiger partial charge < -0.3 is 10.3 Å². The van der Waals surface area contributed by atoms with E-state index in [4.69, 9.17) is 5.53 Å². The fourth-order valence-electron chi connectivity index (χ4n) is 0.607. The molecule has 0 aliphatic heterocycles. The molecule has 0 aliphatic carbocycles. The van der Waals surface area contributed by atoms with E-state index in [0.717, 1.165) is 5.57 Å². The Morgan fingerprint density at radius 1 is 1.58 bits per heavy atom. The van der Waals surface area contributed by atoms with Crippen LogP contribution in [0.3, 0.4) is 0 Å². The van der Waals surface area contributed by atoms with Crippen LogP contribution in [0.25, 0.3) is 5.53 Å². The summed E-state index contributed by atoms with van der Waals surface area (Å²) in [5.41, 5.74) is 9.21. The van der Waals surface area contributed by atoms with Crippen molar-refractivity contribution in [1.82, 2.24) is 0 Å². The highest BCUT2D eigenvalue weighted by Gasteiger charge is 2.17. The fourth-order valence-corrected chi connectivity index (χ4v) is 0.607. The SMILES string of the molecule is CCOC(=O)C(C=C(C)C)=[N+]=[N-]. The van der Waals surface area contributed by atoms with Crippen LogP contribution in [0.2, 0.25) is 0 Å². The second-order valence-electron chi connectivity index (χ2n) is 2.43. The number of carbonyl (C=O) groups is 1. The van der Waals surface area contributed by atoms with E-state index in [0.29, 0.717) is 0 Å². The van der Waals surface area contributed by atoms with Crippen molar-refractivity contribution < 1.29 is 14.3 Å². The fraction of sp³-hybridized carbons (Fsp3) is 0.500. The summed E-state index contributed by atoms with van der Waals surface area (Å²) in [5.74, 6) is -0.610. The van der Waals surface area contributed by atoms with Crippen molar-refractivity contribution in [2.45, 2.75) is 20.8 Å². The van der Waals surface area contributed by atoms with Crippen LogP contribution in [0, 0.1) is 0 Å². The van der Waals surface area contributed by atoms with E-state index in [1.165, 1.54) is 6.08 Å². The van der Waals surface area contributed by atoms with E-state index in [1.54, 1.807) is 20.8 Å². The predicted molar refractivity (Wildman–Crippen MR) is 44.7 cm³/mol. The summed E-state index contributed by atoms with van der Waals surface area (Å²) in [5, 5.41) is 0. The molecule has 0 atom stereocenters. The van der Waals surface area contributed by atoms with Gasteiger partial charge in [-0.3, -0.25) is 0 Å². The lowest BCUT2D eigenvalue weighted by Gasteiger charge is -1.93. The highest BCUT2D eigenvalue weighted by molar-refractivity contribution is 6.38. The quantitative estimate of drug-likeness (QED) is 0.275. The summed E-state index contributed by atoms with van der Waals surface area (Å²) in [6.45, 7) is 5.55. The topological polar surface area (TPSA) is 62.7 Å². The van der Waals surface area contributed by atoms with Gasteiger partial charge in [-0.15, -0.1) is 0 Å². The van der Waals surface area contributed by atoms with Crippen LogP contribution in [0.5, 0.6) is 0 Å². The van der Waals surface area contributed by atoms with Gasteiger partial charge in [0.05, 0.1) is 6.61 Å². The molecule has 0 unspecified atom stereocenters. The maximum Gasteiger partial charge on any atom is 0.421 e. The largest absolute Gasteiger partial charge is 0.457 e. The minimum atomic E-state index is -0.610. The number of nitrogens with zero attached hydrogens (tertiary/aromatic N) is 2. The number of rotatable bonds is 3. The van der Waals surface area contributed by atoms with Gasteiger partial charge in [0.1, 0.15) is 0 Å². The van der Waals surface area contributed by atoms with Crippen LogP contribution in [0.15, 0.2) is 11.6 Å². The van der Waals surface area contributed by atoms with E-state index < -0.39 is 5.97 Å². The molecule has 0 heterocycles. The third-order valence-corrected chi connectivity index (χ3v) is 1.02. The highest BCUT2D eigenvalue weighted by atomic mass is 16.5. The summed E-state index contributed by atoms with van der Waals surface area (Å²) in [4.78, 5) is 13.8. The Labute approximate surface area is 71.5 Å². The molecule has 0 N–H and O–H groups in total. The molecule has 4 nitrogen and oxygen atoms in total. The summed E-state index contributed by atoms with van der Waals surface area (Å²) >= 11 is 0. The van der Waals surface area contributed by atoms with Crippen molar-refractivity contribution in [1.29, 1.82) is 0 Å². The molecule has 0 fully saturated rings. The molecule has 0 aliphatic rings. The Kier molecular flexibility index (Phi) is 4.65. The monoisotopic (exact) mass is 168 g/mol. The van der Waals surface area contributed by atoms with Crippen molar-refractivity contribution in [3.05, 3.63) is 17.2 Å². The van der Waals surface area contributed by atoms with Crippen LogP contribution in [0.1, 0.15) is 20.8 Å². The Morgan fingerprint density at radius 3 is 2.50 bits per heavy atom. The second kappa shape index (κ2) is 5.27. The average molecular weight is 168 g/mol. The number of esters is 1. The molecule has 0 aromatic heterocycles. The van der Waals surface area contributed by atoms with Gasteiger partial charge in [0.25, 0.3) is 0 Å². The third kappa shape index (κ3) is 3.68. The molecule has 0 bridgehead atoms. The Balaban J connectivity index is 4.50. The van der Waals surface area contributed by atoms with Gasteiger partial charge in [-0.2, -0.15) is 4.79 Å². The second-order valence-corrected chi connectivity index (χ2v) is 2.43. The van der Waals surface area contributed by atoms with E-state index >= 15 is 0 Å². The normalized spacial score (nSPS) is 8.25. The van der Waals surface area contributed by atoms with Gasteiger partial charge in [0.2, 0.25) is 0 Å². The van der Waals surface area contributed by atoms with Crippen LogP contribution >= 0.6 is 0 Å².